The minimum atomic E-state index is 0.131. The monoisotopic (exact) mass is 467 g/mol. The zero-order valence-electron chi connectivity index (χ0n) is 17.2. The van der Waals surface area contributed by atoms with Crippen molar-refractivity contribution in [2.24, 2.45) is 0 Å². The summed E-state index contributed by atoms with van der Waals surface area (Å²) in [5.41, 5.74) is 5.30. The smallest absolute Gasteiger partial charge is 0.226 e. The fourth-order valence-corrected chi connectivity index (χ4v) is 4.38. The molecule has 2 aromatic heterocycles. The molecule has 4 aromatic carbocycles. The van der Waals surface area contributed by atoms with Crippen molar-refractivity contribution in [3.05, 3.63) is 101 Å². The van der Waals surface area contributed by atoms with Crippen LogP contribution in [0.15, 0.2) is 95.4 Å². The van der Waals surface area contributed by atoms with Gasteiger partial charge in [0.15, 0.2) is 11.6 Å². The minimum absolute atomic E-state index is 0.131. The van der Waals surface area contributed by atoms with Gasteiger partial charge in [0.2, 0.25) is 5.28 Å². The number of para-hydroxylation sites is 1. The van der Waals surface area contributed by atoms with Crippen LogP contribution in [0.4, 0.5) is 0 Å². The number of furan rings is 1. The van der Waals surface area contributed by atoms with Gasteiger partial charge in [-0.2, -0.15) is 9.97 Å². The minimum Gasteiger partial charge on any atom is -0.456 e. The first kappa shape index (κ1) is 19.9. The van der Waals surface area contributed by atoms with Gasteiger partial charge in [0, 0.05) is 26.9 Å². The standard InChI is InChI=1S/C27H15Cl2N3O/c28-20-13-18(17-10-11-24-22(15-17)21-8-4-5-9-23(21)33-24)12-19(14-20)26-30-25(31-27(29)32-26)16-6-2-1-3-7-16/h1-15H. The molecular weight excluding hydrogens is 453 g/mol. The Labute approximate surface area is 199 Å². The van der Waals surface area contributed by atoms with E-state index < -0.39 is 0 Å². The number of benzene rings is 4. The number of fused-ring (bicyclic) bond motifs is 3. The van der Waals surface area contributed by atoms with Crippen LogP contribution in [0.25, 0.3) is 55.8 Å². The highest BCUT2D eigenvalue weighted by atomic mass is 35.5. The van der Waals surface area contributed by atoms with Gasteiger partial charge in [-0.1, -0.05) is 66.2 Å². The molecule has 0 atom stereocenters. The number of hydrogen-bond acceptors (Lipinski definition) is 4. The SMILES string of the molecule is Clc1cc(-c2ccc3oc4ccccc4c3c2)cc(-c2nc(Cl)nc(-c3ccccc3)n2)c1. The van der Waals surface area contributed by atoms with Crippen LogP contribution >= 0.6 is 23.2 Å². The average Bonchev–Trinajstić information content (AvgIpc) is 3.22. The second kappa shape index (κ2) is 8.00. The van der Waals surface area contributed by atoms with Crippen molar-refractivity contribution in [2.75, 3.05) is 0 Å². The first-order valence-corrected chi connectivity index (χ1v) is 11.1. The molecular formula is C27H15Cl2N3O. The van der Waals surface area contributed by atoms with Crippen molar-refractivity contribution in [3.8, 4) is 33.9 Å². The van der Waals surface area contributed by atoms with Crippen LogP contribution < -0.4 is 0 Å². The largest absolute Gasteiger partial charge is 0.456 e. The lowest BCUT2D eigenvalue weighted by Gasteiger charge is -2.08. The summed E-state index contributed by atoms with van der Waals surface area (Å²) >= 11 is 12.8. The van der Waals surface area contributed by atoms with E-state index in [1.54, 1.807) is 0 Å². The molecule has 0 aliphatic rings. The molecule has 6 aromatic rings. The predicted molar refractivity (Wildman–Crippen MR) is 133 cm³/mol. The van der Waals surface area contributed by atoms with E-state index in [-0.39, 0.29) is 5.28 Å². The normalized spacial score (nSPS) is 11.3. The molecule has 158 valence electrons. The van der Waals surface area contributed by atoms with Gasteiger partial charge in [0.1, 0.15) is 11.2 Å². The van der Waals surface area contributed by atoms with E-state index in [9.17, 15) is 0 Å². The summed E-state index contributed by atoms with van der Waals surface area (Å²) in [6, 6.07) is 29.6. The van der Waals surface area contributed by atoms with E-state index in [2.05, 4.69) is 27.1 Å². The second-order valence-electron chi connectivity index (χ2n) is 7.66. The number of nitrogens with zero attached hydrogens (tertiary/aromatic N) is 3. The van der Waals surface area contributed by atoms with Crippen molar-refractivity contribution >= 4 is 45.1 Å². The van der Waals surface area contributed by atoms with Gasteiger partial charge in [-0.05, 0) is 59.1 Å². The molecule has 4 nitrogen and oxygen atoms in total. The number of halogens is 2. The first-order valence-electron chi connectivity index (χ1n) is 10.3. The summed E-state index contributed by atoms with van der Waals surface area (Å²) in [5, 5.41) is 2.84. The third-order valence-electron chi connectivity index (χ3n) is 5.51. The third kappa shape index (κ3) is 3.74. The van der Waals surface area contributed by atoms with Crippen LogP contribution in [-0.2, 0) is 0 Å². The average molecular weight is 468 g/mol. The maximum Gasteiger partial charge on any atom is 0.226 e. The number of hydrogen-bond donors (Lipinski definition) is 0. The fourth-order valence-electron chi connectivity index (χ4n) is 3.99. The van der Waals surface area contributed by atoms with Crippen LogP contribution in [0.3, 0.4) is 0 Å². The molecule has 0 saturated heterocycles. The predicted octanol–water partition coefficient (Wildman–Crippen LogP) is 8.08. The number of rotatable bonds is 3. The molecule has 0 unspecified atom stereocenters. The van der Waals surface area contributed by atoms with Crippen LogP contribution in [0.1, 0.15) is 0 Å². The Morgan fingerprint density at radius 2 is 1.21 bits per heavy atom. The van der Waals surface area contributed by atoms with Crippen molar-refractivity contribution < 1.29 is 4.42 Å². The van der Waals surface area contributed by atoms with Gasteiger partial charge in [-0.25, -0.2) is 4.98 Å². The molecule has 6 heteroatoms. The maximum atomic E-state index is 6.52. The quantitative estimate of drug-likeness (QED) is 0.264. The summed E-state index contributed by atoms with van der Waals surface area (Å²) in [6.45, 7) is 0. The van der Waals surface area contributed by atoms with Gasteiger partial charge < -0.3 is 4.42 Å². The highest BCUT2D eigenvalue weighted by molar-refractivity contribution is 6.31. The van der Waals surface area contributed by atoms with E-state index >= 15 is 0 Å². The fraction of sp³-hybridized carbons (Fsp3) is 0. The van der Waals surface area contributed by atoms with Gasteiger partial charge in [-0.15, -0.1) is 0 Å². The molecule has 0 fully saturated rings. The van der Waals surface area contributed by atoms with Crippen LogP contribution in [0.5, 0.6) is 0 Å². The summed E-state index contributed by atoms with van der Waals surface area (Å²) in [6.07, 6.45) is 0. The maximum absolute atomic E-state index is 6.52. The molecule has 0 spiro atoms. The lowest BCUT2D eigenvalue weighted by atomic mass is 10.0. The Morgan fingerprint density at radius 3 is 2.06 bits per heavy atom. The Hall–Kier alpha value is -3.73. The zero-order chi connectivity index (χ0) is 22.4. The highest BCUT2D eigenvalue weighted by Gasteiger charge is 2.13. The van der Waals surface area contributed by atoms with E-state index in [0.717, 1.165) is 44.2 Å². The van der Waals surface area contributed by atoms with E-state index in [0.29, 0.717) is 16.7 Å². The van der Waals surface area contributed by atoms with Crippen LogP contribution in [0, 0.1) is 0 Å². The van der Waals surface area contributed by atoms with Crippen molar-refractivity contribution in [1.82, 2.24) is 15.0 Å². The Kier molecular flexibility index (Phi) is 4.83. The third-order valence-corrected chi connectivity index (χ3v) is 5.89. The molecule has 0 bridgehead atoms. The molecule has 6 rings (SSSR count). The first-order chi connectivity index (χ1) is 16.1. The van der Waals surface area contributed by atoms with E-state index in [4.69, 9.17) is 27.6 Å². The molecule has 0 aliphatic carbocycles. The second-order valence-corrected chi connectivity index (χ2v) is 8.43. The Balaban J connectivity index is 1.48. The summed E-state index contributed by atoms with van der Waals surface area (Å²) < 4.78 is 5.96. The van der Waals surface area contributed by atoms with Crippen LogP contribution in [-0.4, -0.2) is 15.0 Å². The van der Waals surface area contributed by atoms with Gasteiger partial charge in [0.25, 0.3) is 0 Å². The molecule has 0 N–H and O–H groups in total. The molecule has 0 saturated carbocycles. The highest BCUT2D eigenvalue weighted by Crippen LogP contribution is 2.35. The van der Waals surface area contributed by atoms with Crippen molar-refractivity contribution in [1.29, 1.82) is 0 Å². The summed E-state index contributed by atoms with van der Waals surface area (Å²) in [7, 11) is 0. The van der Waals surface area contributed by atoms with Crippen molar-refractivity contribution in [3.63, 3.8) is 0 Å². The Bertz CT molecular complexity index is 1640. The Morgan fingerprint density at radius 1 is 0.515 bits per heavy atom. The lowest BCUT2D eigenvalue weighted by Crippen LogP contribution is -1.97. The van der Waals surface area contributed by atoms with Gasteiger partial charge in [-0.3, -0.25) is 0 Å². The molecule has 33 heavy (non-hydrogen) atoms. The van der Waals surface area contributed by atoms with Crippen molar-refractivity contribution in [2.45, 2.75) is 0 Å². The van der Waals surface area contributed by atoms with Gasteiger partial charge >= 0.3 is 0 Å². The molecule has 2 heterocycles. The summed E-state index contributed by atoms with van der Waals surface area (Å²) in [4.78, 5) is 13.3. The van der Waals surface area contributed by atoms with Gasteiger partial charge in [0.05, 0.1) is 0 Å². The van der Waals surface area contributed by atoms with E-state index in [1.807, 2.05) is 78.9 Å². The number of aromatic nitrogens is 3. The lowest BCUT2D eigenvalue weighted by molar-refractivity contribution is 0.669. The van der Waals surface area contributed by atoms with Crippen LogP contribution in [0.2, 0.25) is 10.3 Å². The zero-order valence-corrected chi connectivity index (χ0v) is 18.7. The molecule has 0 radical (unpaired) electrons. The molecule has 0 amide bonds. The summed E-state index contributed by atoms with van der Waals surface area (Å²) in [5.74, 6) is 0.978. The van der Waals surface area contributed by atoms with E-state index in [1.165, 1.54) is 0 Å². The molecule has 0 aliphatic heterocycles. The topological polar surface area (TPSA) is 51.8 Å².